The SMILES string of the molecule is Cn1c(=O)n(N2C(=O)CCCC2=O)c2cccc([N+](=O)[O-])c21. The van der Waals surface area contributed by atoms with Gasteiger partial charge < -0.3 is 0 Å². The summed E-state index contributed by atoms with van der Waals surface area (Å²) >= 11 is 0. The number of imidazole rings is 1. The molecule has 1 aliphatic rings. The summed E-state index contributed by atoms with van der Waals surface area (Å²) in [6.45, 7) is 0. The second kappa shape index (κ2) is 4.79. The number of nitrogens with zero attached hydrogens (tertiary/aromatic N) is 4. The Hall–Kier alpha value is -2.97. The molecule has 0 spiro atoms. The van der Waals surface area contributed by atoms with E-state index in [0.717, 1.165) is 14.3 Å². The first-order valence-corrected chi connectivity index (χ1v) is 6.64. The van der Waals surface area contributed by atoms with Crippen molar-refractivity contribution in [3.8, 4) is 0 Å². The van der Waals surface area contributed by atoms with E-state index in [-0.39, 0.29) is 29.6 Å². The lowest BCUT2D eigenvalue weighted by molar-refractivity contribution is -0.383. The number of carbonyl (C=O) groups excluding carboxylic acids is 2. The van der Waals surface area contributed by atoms with E-state index in [1.54, 1.807) is 0 Å². The molecule has 2 heterocycles. The molecule has 3 rings (SSSR count). The lowest BCUT2D eigenvalue weighted by Crippen LogP contribution is -2.52. The number of benzene rings is 1. The summed E-state index contributed by atoms with van der Waals surface area (Å²) < 4.78 is 1.99. The van der Waals surface area contributed by atoms with Gasteiger partial charge in [-0.15, -0.1) is 0 Å². The standard InChI is InChI=1S/C13H12N4O5/c1-14-12-8(4-2-5-9(12)17(21)22)15(13(14)20)16-10(18)6-3-7-11(16)19/h2,4-5H,3,6-7H2,1H3. The maximum atomic E-state index is 12.4. The summed E-state index contributed by atoms with van der Waals surface area (Å²) in [4.78, 5) is 47.0. The molecule has 9 nitrogen and oxygen atoms in total. The monoisotopic (exact) mass is 304 g/mol. The van der Waals surface area contributed by atoms with Gasteiger partial charge >= 0.3 is 5.69 Å². The van der Waals surface area contributed by atoms with Gasteiger partial charge in [-0.3, -0.25) is 24.3 Å². The van der Waals surface area contributed by atoms with Crippen LogP contribution in [-0.2, 0) is 16.6 Å². The van der Waals surface area contributed by atoms with Crippen LogP contribution in [0, 0.1) is 10.1 Å². The molecule has 9 heteroatoms. The number of rotatable bonds is 2. The van der Waals surface area contributed by atoms with Crippen molar-refractivity contribution in [1.29, 1.82) is 0 Å². The number of piperidine rings is 1. The number of nitro benzene ring substituents is 1. The zero-order chi connectivity index (χ0) is 16.0. The minimum Gasteiger partial charge on any atom is -0.288 e. The van der Waals surface area contributed by atoms with Gasteiger partial charge in [0, 0.05) is 26.0 Å². The highest BCUT2D eigenvalue weighted by Crippen LogP contribution is 2.25. The molecule has 0 radical (unpaired) electrons. The number of amides is 2. The number of hydrogen-bond acceptors (Lipinski definition) is 5. The van der Waals surface area contributed by atoms with E-state index < -0.39 is 22.4 Å². The molecule has 114 valence electrons. The van der Waals surface area contributed by atoms with Crippen molar-refractivity contribution >= 4 is 28.5 Å². The predicted octanol–water partition coefficient (Wildman–Crippen LogP) is 0.423. The van der Waals surface area contributed by atoms with Crippen molar-refractivity contribution < 1.29 is 14.5 Å². The molecular formula is C13H12N4O5. The highest BCUT2D eigenvalue weighted by atomic mass is 16.6. The molecule has 1 fully saturated rings. The number of nitro groups is 1. The van der Waals surface area contributed by atoms with Crippen LogP contribution in [0.25, 0.3) is 11.0 Å². The summed E-state index contributed by atoms with van der Waals surface area (Å²) in [7, 11) is 1.37. The third kappa shape index (κ3) is 1.82. The third-order valence-corrected chi connectivity index (χ3v) is 3.68. The van der Waals surface area contributed by atoms with Crippen LogP contribution < -0.4 is 10.7 Å². The number of non-ortho nitro benzene ring substituents is 1. The van der Waals surface area contributed by atoms with Gasteiger partial charge in [0.15, 0.2) is 0 Å². The average Bonchev–Trinajstić information content (AvgIpc) is 2.72. The average molecular weight is 304 g/mol. The Bertz CT molecular complexity index is 862. The zero-order valence-corrected chi connectivity index (χ0v) is 11.7. The van der Waals surface area contributed by atoms with Crippen molar-refractivity contribution in [3.05, 3.63) is 38.8 Å². The first kappa shape index (κ1) is 14.0. The van der Waals surface area contributed by atoms with E-state index in [2.05, 4.69) is 0 Å². The van der Waals surface area contributed by atoms with Crippen LogP contribution >= 0.6 is 0 Å². The van der Waals surface area contributed by atoms with Crippen molar-refractivity contribution in [2.24, 2.45) is 7.05 Å². The normalized spacial score (nSPS) is 15.6. The van der Waals surface area contributed by atoms with Crippen molar-refractivity contribution in [2.75, 3.05) is 5.01 Å². The molecule has 1 aliphatic heterocycles. The fraction of sp³-hybridized carbons (Fsp3) is 0.308. The highest BCUT2D eigenvalue weighted by molar-refractivity contribution is 6.11. The molecule has 1 aromatic heterocycles. The van der Waals surface area contributed by atoms with E-state index in [1.165, 1.54) is 25.2 Å². The smallest absolute Gasteiger partial charge is 0.288 e. The number of aromatic nitrogens is 2. The number of para-hydroxylation sites is 1. The Kier molecular flexibility index (Phi) is 3.05. The van der Waals surface area contributed by atoms with Crippen LogP contribution in [0.1, 0.15) is 19.3 Å². The van der Waals surface area contributed by atoms with Crippen molar-refractivity contribution in [1.82, 2.24) is 9.24 Å². The zero-order valence-electron chi connectivity index (χ0n) is 11.7. The fourth-order valence-electron chi connectivity index (χ4n) is 2.68. The topological polar surface area (TPSA) is 107 Å². The number of hydrogen-bond donors (Lipinski definition) is 0. The van der Waals surface area contributed by atoms with E-state index in [0.29, 0.717) is 6.42 Å². The van der Waals surface area contributed by atoms with Crippen molar-refractivity contribution in [3.63, 3.8) is 0 Å². The van der Waals surface area contributed by atoms with E-state index >= 15 is 0 Å². The van der Waals surface area contributed by atoms with Crippen LogP contribution in [0.5, 0.6) is 0 Å². The maximum Gasteiger partial charge on any atom is 0.348 e. The van der Waals surface area contributed by atoms with Gasteiger partial charge in [-0.05, 0) is 12.5 Å². The maximum absolute atomic E-state index is 12.4. The molecule has 0 N–H and O–H groups in total. The minimum absolute atomic E-state index is 0.0728. The Balaban J connectivity index is 2.36. The number of imide groups is 1. The van der Waals surface area contributed by atoms with Crippen LogP contribution in [0.15, 0.2) is 23.0 Å². The Morgan fingerprint density at radius 2 is 1.77 bits per heavy atom. The fourth-order valence-corrected chi connectivity index (χ4v) is 2.68. The van der Waals surface area contributed by atoms with Crippen molar-refractivity contribution in [2.45, 2.75) is 19.3 Å². The molecule has 0 saturated carbocycles. The summed E-state index contributed by atoms with van der Waals surface area (Å²) in [5, 5.41) is 11.9. The van der Waals surface area contributed by atoms with Crippen LogP contribution in [0.3, 0.4) is 0 Å². The second-order valence-electron chi connectivity index (χ2n) is 5.01. The largest absolute Gasteiger partial charge is 0.348 e. The Morgan fingerprint density at radius 3 is 2.36 bits per heavy atom. The molecule has 22 heavy (non-hydrogen) atoms. The minimum atomic E-state index is -0.673. The molecule has 0 unspecified atom stereocenters. The first-order chi connectivity index (χ1) is 10.4. The molecule has 1 aromatic carbocycles. The quantitative estimate of drug-likeness (QED) is 0.454. The molecule has 2 aromatic rings. The van der Waals surface area contributed by atoms with Gasteiger partial charge in [0.05, 0.1) is 10.4 Å². The summed E-state index contributed by atoms with van der Waals surface area (Å²) in [6.07, 6.45) is 0.751. The van der Waals surface area contributed by atoms with Crippen LogP contribution in [-0.4, -0.2) is 26.0 Å². The lowest BCUT2D eigenvalue weighted by Gasteiger charge is -2.24. The van der Waals surface area contributed by atoms with Gasteiger partial charge in [-0.2, -0.15) is 9.69 Å². The lowest BCUT2D eigenvalue weighted by atomic mass is 10.1. The van der Waals surface area contributed by atoms with Gasteiger partial charge in [0.2, 0.25) is 11.8 Å². The highest BCUT2D eigenvalue weighted by Gasteiger charge is 2.32. The van der Waals surface area contributed by atoms with E-state index in [1.807, 2.05) is 0 Å². The van der Waals surface area contributed by atoms with Gasteiger partial charge in [-0.25, -0.2) is 4.79 Å². The number of carbonyl (C=O) groups is 2. The van der Waals surface area contributed by atoms with Gasteiger partial charge in [0.25, 0.3) is 5.69 Å². The molecule has 0 atom stereocenters. The number of aryl methyl sites for hydroxylation is 1. The predicted molar refractivity (Wildman–Crippen MR) is 75.9 cm³/mol. The van der Waals surface area contributed by atoms with Gasteiger partial charge in [0.1, 0.15) is 5.52 Å². The molecular weight excluding hydrogens is 292 g/mol. The molecule has 1 saturated heterocycles. The van der Waals surface area contributed by atoms with Gasteiger partial charge in [-0.1, -0.05) is 6.07 Å². The van der Waals surface area contributed by atoms with Crippen LogP contribution in [0.2, 0.25) is 0 Å². The third-order valence-electron chi connectivity index (χ3n) is 3.68. The Morgan fingerprint density at radius 1 is 1.14 bits per heavy atom. The molecule has 0 bridgehead atoms. The van der Waals surface area contributed by atoms with E-state index in [4.69, 9.17) is 0 Å². The Labute approximate surface area is 123 Å². The number of fused-ring (bicyclic) bond motifs is 1. The summed E-state index contributed by atoms with van der Waals surface area (Å²) in [5.74, 6) is -0.977. The van der Waals surface area contributed by atoms with E-state index in [9.17, 15) is 24.5 Å². The first-order valence-electron chi connectivity index (χ1n) is 6.64. The summed E-state index contributed by atoms with van der Waals surface area (Å²) in [6, 6.07) is 4.15. The molecule has 0 aliphatic carbocycles. The second-order valence-corrected chi connectivity index (χ2v) is 5.01. The summed E-state index contributed by atoms with van der Waals surface area (Å²) in [5.41, 5.74) is -0.699. The molecule has 2 amide bonds. The van der Waals surface area contributed by atoms with Crippen LogP contribution in [0.4, 0.5) is 5.69 Å².